The Morgan fingerprint density at radius 3 is 2.60 bits per heavy atom. The number of thiocarbonyl (C=S) groups is 1. The molecule has 0 aromatic heterocycles. The zero-order valence-corrected chi connectivity index (χ0v) is 9.85. The van der Waals surface area contributed by atoms with Crippen LogP contribution in [0.1, 0.15) is 32.6 Å². The Kier molecular flexibility index (Phi) is 2.96. The molecular weight excluding hydrogens is 208 g/mol. The fraction of sp³-hybridized carbons (Fsp3) is 0.818. The molecule has 84 valence electrons. The van der Waals surface area contributed by atoms with E-state index in [9.17, 15) is 4.79 Å². The monoisotopic (exact) mass is 226 g/mol. The van der Waals surface area contributed by atoms with E-state index in [-0.39, 0.29) is 17.9 Å². The van der Waals surface area contributed by atoms with Crippen LogP contribution in [0.2, 0.25) is 0 Å². The van der Waals surface area contributed by atoms with Crippen LogP contribution in [0.3, 0.4) is 0 Å². The van der Waals surface area contributed by atoms with Crippen LogP contribution in [0.25, 0.3) is 0 Å². The molecule has 0 aliphatic heterocycles. The molecule has 0 saturated heterocycles. The molecule has 2 rings (SSSR count). The molecule has 2 aliphatic carbocycles. The van der Waals surface area contributed by atoms with E-state index in [0.717, 1.165) is 6.42 Å². The van der Waals surface area contributed by atoms with Crippen LogP contribution in [0.5, 0.6) is 0 Å². The lowest BCUT2D eigenvalue weighted by molar-refractivity contribution is -0.123. The van der Waals surface area contributed by atoms with E-state index in [1.807, 2.05) is 6.92 Å². The van der Waals surface area contributed by atoms with Gasteiger partial charge < -0.3 is 11.1 Å². The third-order valence-electron chi connectivity index (χ3n) is 3.78. The van der Waals surface area contributed by atoms with Crippen LogP contribution in [0.15, 0.2) is 0 Å². The standard InChI is InChI=1S/C11H18N2OS/c1-2-8(10(12)15)13-11(14)9-6-4-3-5-7(6)9/h6-9H,2-5H2,1H3,(H2,12,15)(H,13,14). The Hall–Kier alpha value is -0.640. The number of hydrogen-bond acceptors (Lipinski definition) is 2. The van der Waals surface area contributed by atoms with Crippen LogP contribution in [0, 0.1) is 17.8 Å². The minimum Gasteiger partial charge on any atom is -0.392 e. The summed E-state index contributed by atoms with van der Waals surface area (Å²) in [7, 11) is 0. The number of carbonyl (C=O) groups excluding carboxylic acids is 1. The topological polar surface area (TPSA) is 55.1 Å². The van der Waals surface area contributed by atoms with Crippen LogP contribution in [-0.2, 0) is 4.79 Å². The Balaban J connectivity index is 1.85. The maximum atomic E-state index is 11.9. The van der Waals surface area contributed by atoms with E-state index in [0.29, 0.717) is 16.8 Å². The van der Waals surface area contributed by atoms with Crippen molar-refractivity contribution < 1.29 is 4.79 Å². The average molecular weight is 226 g/mol. The zero-order valence-electron chi connectivity index (χ0n) is 9.03. The summed E-state index contributed by atoms with van der Waals surface area (Å²) in [5.41, 5.74) is 5.55. The van der Waals surface area contributed by atoms with Gasteiger partial charge in [-0.05, 0) is 31.1 Å². The van der Waals surface area contributed by atoms with Crippen molar-refractivity contribution in [1.82, 2.24) is 5.32 Å². The van der Waals surface area contributed by atoms with Gasteiger partial charge in [-0.3, -0.25) is 4.79 Å². The fourth-order valence-corrected chi connectivity index (χ4v) is 3.08. The second-order valence-corrected chi connectivity index (χ2v) is 5.13. The zero-order chi connectivity index (χ0) is 11.0. The molecule has 3 unspecified atom stereocenters. The first-order valence-corrected chi connectivity index (χ1v) is 6.15. The number of carbonyl (C=O) groups is 1. The summed E-state index contributed by atoms with van der Waals surface area (Å²) in [6, 6.07) is -0.117. The molecule has 0 aromatic rings. The first kappa shape index (κ1) is 10.9. The Labute approximate surface area is 95.8 Å². The molecule has 4 heteroatoms. The molecule has 2 fully saturated rings. The first-order valence-electron chi connectivity index (χ1n) is 5.74. The van der Waals surface area contributed by atoms with Crippen molar-refractivity contribution in [3.8, 4) is 0 Å². The lowest BCUT2D eigenvalue weighted by Crippen LogP contribution is -2.44. The van der Waals surface area contributed by atoms with E-state index < -0.39 is 0 Å². The van der Waals surface area contributed by atoms with Gasteiger partial charge in [0, 0.05) is 5.92 Å². The molecule has 3 nitrogen and oxygen atoms in total. The van der Waals surface area contributed by atoms with E-state index in [1.54, 1.807) is 0 Å². The van der Waals surface area contributed by atoms with Gasteiger partial charge in [0.15, 0.2) is 0 Å². The summed E-state index contributed by atoms with van der Waals surface area (Å²) in [5.74, 6) is 1.76. The molecule has 0 aromatic carbocycles. The van der Waals surface area contributed by atoms with E-state index >= 15 is 0 Å². The van der Waals surface area contributed by atoms with Gasteiger partial charge in [-0.1, -0.05) is 25.6 Å². The van der Waals surface area contributed by atoms with Gasteiger partial charge in [0.05, 0.1) is 11.0 Å². The summed E-state index contributed by atoms with van der Waals surface area (Å²) < 4.78 is 0. The second-order valence-electron chi connectivity index (χ2n) is 4.66. The predicted octanol–water partition coefficient (Wildman–Crippen LogP) is 1.21. The summed E-state index contributed by atoms with van der Waals surface area (Å²) in [5, 5.41) is 2.95. The fourth-order valence-electron chi connectivity index (χ4n) is 2.85. The highest BCUT2D eigenvalue weighted by Crippen LogP contribution is 2.57. The summed E-state index contributed by atoms with van der Waals surface area (Å²) >= 11 is 4.91. The van der Waals surface area contributed by atoms with E-state index in [1.165, 1.54) is 19.3 Å². The van der Waals surface area contributed by atoms with Crippen molar-refractivity contribution in [2.24, 2.45) is 23.5 Å². The predicted molar refractivity (Wildman–Crippen MR) is 63.3 cm³/mol. The summed E-state index contributed by atoms with van der Waals surface area (Å²) in [6.07, 6.45) is 4.54. The molecule has 2 aliphatic rings. The molecule has 1 amide bonds. The maximum absolute atomic E-state index is 11.9. The number of hydrogen-bond donors (Lipinski definition) is 2. The molecule has 0 bridgehead atoms. The molecule has 0 spiro atoms. The van der Waals surface area contributed by atoms with Crippen molar-refractivity contribution >= 4 is 23.1 Å². The van der Waals surface area contributed by atoms with Gasteiger partial charge in [0.2, 0.25) is 5.91 Å². The Morgan fingerprint density at radius 2 is 2.13 bits per heavy atom. The maximum Gasteiger partial charge on any atom is 0.224 e. The summed E-state index contributed by atoms with van der Waals surface area (Å²) in [6.45, 7) is 1.98. The number of nitrogens with one attached hydrogen (secondary N) is 1. The van der Waals surface area contributed by atoms with Gasteiger partial charge in [-0.25, -0.2) is 0 Å². The Bertz CT molecular complexity index is 282. The van der Waals surface area contributed by atoms with Gasteiger partial charge in [0.25, 0.3) is 0 Å². The molecule has 0 heterocycles. The number of amides is 1. The number of nitrogens with two attached hydrogens (primary N) is 1. The third kappa shape index (κ3) is 2.00. The van der Waals surface area contributed by atoms with Crippen LogP contribution in [-0.4, -0.2) is 16.9 Å². The molecule has 0 radical (unpaired) electrons. The van der Waals surface area contributed by atoms with E-state index in [2.05, 4.69) is 5.32 Å². The van der Waals surface area contributed by atoms with Crippen LogP contribution in [0.4, 0.5) is 0 Å². The van der Waals surface area contributed by atoms with Crippen LogP contribution >= 0.6 is 12.2 Å². The molecule has 3 atom stereocenters. The number of rotatable bonds is 4. The van der Waals surface area contributed by atoms with Crippen molar-refractivity contribution in [3.05, 3.63) is 0 Å². The quantitative estimate of drug-likeness (QED) is 0.709. The smallest absolute Gasteiger partial charge is 0.224 e. The molecule has 3 N–H and O–H groups in total. The van der Waals surface area contributed by atoms with Gasteiger partial charge >= 0.3 is 0 Å². The highest BCUT2D eigenvalue weighted by atomic mass is 32.1. The summed E-state index contributed by atoms with van der Waals surface area (Å²) in [4.78, 5) is 12.3. The van der Waals surface area contributed by atoms with Gasteiger partial charge in [-0.2, -0.15) is 0 Å². The lowest BCUT2D eigenvalue weighted by Gasteiger charge is -2.15. The van der Waals surface area contributed by atoms with Crippen molar-refractivity contribution in [2.45, 2.75) is 38.6 Å². The molecule has 15 heavy (non-hydrogen) atoms. The Morgan fingerprint density at radius 1 is 1.53 bits per heavy atom. The van der Waals surface area contributed by atoms with Crippen molar-refractivity contribution in [3.63, 3.8) is 0 Å². The molecule has 2 saturated carbocycles. The highest BCUT2D eigenvalue weighted by Gasteiger charge is 2.56. The van der Waals surface area contributed by atoms with Crippen LogP contribution < -0.4 is 11.1 Å². The minimum absolute atomic E-state index is 0.117. The van der Waals surface area contributed by atoms with Gasteiger partial charge in [-0.15, -0.1) is 0 Å². The highest BCUT2D eigenvalue weighted by molar-refractivity contribution is 7.80. The third-order valence-corrected chi connectivity index (χ3v) is 4.06. The minimum atomic E-state index is -0.117. The van der Waals surface area contributed by atoms with E-state index in [4.69, 9.17) is 18.0 Å². The number of fused-ring (bicyclic) bond motifs is 1. The van der Waals surface area contributed by atoms with Crippen molar-refractivity contribution in [1.29, 1.82) is 0 Å². The van der Waals surface area contributed by atoms with Crippen molar-refractivity contribution in [2.75, 3.05) is 0 Å². The average Bonchev–Trinajstić information content (AvgIpc) is 2.68. The SMILES string of the molecule is CCC(NC(=O)C1C2CCCC21)C(N)=S. The first-order chi connectivity index (χ1) is 7.15. The lowest BCUT2D eigenvalue weighted by atomic mass is 10.1. The second kappa shape index (κ2) is 4.08. The van der Waals surface area contributed by atoms with Gasteiger partial charge in [0.1, 0.15) is 0 Å². The normalized spacial score (nSPS) is 34.3. The largest absolute Gasteiger partial charge is 0.392 e. The molecular formula is C11H18N2OS.